The molecule has 25 heavy (non-hydrogen) atoms. The van der Waals surface area contributed by atoms with Gasteiger partial charge >= 0.3 is 0 Å². The lowest BCUT2D eigenvalue weighted by Crippen LogP contribution is -2.49. The summed E-state index contributed by atoms with van der Waals surface area (Å²) in [6.45, 7) is 0.762. The SMILES string of the molecule is NC1C2CCCC1CC(C(=O)NCc1cc(F)cc3c1OCOC3)C2. The summed E-state index contributed by atoms with van der Waals surface area (Å²) in [5, 5.41) is 2.98. The maximum Gasteiger partial charge on any atom is 0.223 e. The molecule has 2 atom stereocenters. The van der Waals surface area contributed by atoms with Gasteiger partial charge in [0, 0.05) is 29.6 Å². The molecule has 0 aromatic heterocycles. The van der Waals surface area contributed by atoms with Gasteiger partial charge in [0.05, 0.1) is 6.61 Å². The fourth-order valence-corrected chi connectivity index (χ4v) is 4.72. The third-order valence-corrected chi connectivity index (χ3v) is 5.99. The smallest absolute Gasteiger partial charge is 0.223 e. The summed E-state index contributed by atoms with van der Waals surface area (Å²) in [5.74, 6) is 1.29. The lowest BCUT2D eigenvalue weighted by atomic mass is 9.65. The van der Waals surface area contributed by atoms with E-state index >= 15 is 0 Å². The zero-order valence-corrected chi connectivity index (χ0v) is 14.3. The fraction of sp³-hybridized carbons (Fsp3) is 0.632. The maximum atomic E-state index is 13.8. The van der Waals surface area contributed by atoms with Crippen LogP contribution in [-0.4, -0.2) is 18.7 Å². The average Bonchev–Trinajstić information content (AvgIpc) is 2.59. The van der Waals surface area contributed by atoms with E-state index in [9.17, 15) is 9.18 Å². The van der Waals surface area contributed by atoms with Gasteiger partial charge in [-0.05, 0) is 49.7 Å². The highest BCUT2D eigenvalue weighted by atomic mass is 19.1. The normalized spacial score (nSPS) is 31.0. The number of hydrogen-bond donors (Lipinski definition) is 2. The van der Waals surface area contributed by atoms with Crippen LogP contribution in [-0.2, 0) is 22.7 Å². The number of halogens is 1. The number of carbonyl (C=O) groups is 1. The Morgan fingerprint density at radius 3 is 2.80 bits per heavy atom. The van der Waals surface area contributed by atoms with Crippen LogP contribution in [0.25, 0.3) is 0 Å². The topological polar surface area (TPSA) is 73.6 Å². The van der Waals surface area contributed by atoms with E-state index in [0.29, 0.717) is 35.3 Å². The van der Waals surface area contributed by atoms with Crippen LogP contribution in [0.3, 0.4) is 0 Å². The first-order valence-electron chi connectivity index (χ1n) is 9.17. The van der Waals surface area contributed by atoms with E-state index in [0.717, 1.165) is 25.7 Å². The summed E-state index contributed by atoms with van der Waals surface area (Å²) in [6, 6.07) is 3.10. The van der Waals surface area contributed by atoms with E-state index in [-0.39, 0.29) is 37.0 Å². The lowest BCUT2D eigenvalue weighted by molar-refractivity contribution is -0.128. The Kier molecular flexibility index (Phi) is 4.65. The number of amides is 1. The first-order valence-corrected chi connectivity index (χ1v) is 9.17. The third-order valence-electron chi connectivity index (χ3n) is 5.99. The molecule has 5 nitrogen and oxygen atoms in total. The van der Waals surface area contributed by atoms with Crippen molar-refractivity contribution in [1.29, 1.82) is 0 Å². The Bertz CT molecular complexity index is 652. The van der Waals surface area contributed by atoms with E-state index in [4.69, 9.17) is 15.2 Å². The molecule has 3 aliphatic rings. The predicted octanol–water partition coefficient (Wildman–Crippen LogP) is 2.46. The molecule has 2 fully saturated rings. The monoisotopic (exact) mass is 348 g/mol. The summed E-state index contributed by atoms with van der Waals surface area (Å²) in [4.78, 5) is 12.7. The van der Waals surface area contributed by atoms with Crippen LogP contribution < -0.4 is 15.8 Å². The highest BCUT2D eigenvalue weighted by Crippen LogP contribution is 2.42. The number of carbonyl (C=O) groups excluding carboxylic acids is 1. The van der Waals surface area contributed by atoms with E-state index < -0.39 is 0 Å². The quantitative estimate of drug-likeness (QED) is 0.880. The number of ether oxygens (including phenoxy) is 2. The van der Waals surface area contributed by atoms with Crippen molar-refractivity contribution in [3.8, 4) is 5.75 Å². The molecule has 0 saturated heterocycles. The number of hydrogen-bond acceptors (Lipinski definition) is 4. The highest BCUT2D eigenvalue weighted by molar-refractivity contribution is 5.79. The molecular formula is C19H25FN2O3. The van der Waals surface area contributed by atoms with Gasteiger partial charge in [-0.1, -0.05) is 6.42 Å². The molecule has 0 radical (unpaired) electrons. The molecule has 4 rings (SSSR count). The van der Waals surface area contributed by atoms with Gasteiger partial charge in [-0.2, -0.15) is 0 Å². The zero-order chi connectivity index (χ0) is 17.4. The summed E-state index contributed by atoms with van der Waals surface area (Å²) in [6.07, 6.45) is 5.23. The highest BCUT2D eigenvalue weighted by Gasteiger charge is 2.40. The van der Waals surface area contributed by atoms with Gasteiger partial charge in [-0.15, -0.1) is 0 Å². The molecule has 2 saturated carbocycles. The molecule has 1 aliphatic heterocycles. The molecule has 2 aliphatic carbocycles. The van der Waals surface area contributed by atoms with Gasteiger partial charge in [0.25, 0.3) is 0 Å². The number of nitrogens with one attached hydrogen (secondary N) is 1. The van der Waals surface area contributed by atoms with Crippen LogP contribution in [0.15, 0.2) is 12.1 Å². The molecule has 3 N–H and O–H groups in total. The standard InChI is InChI=1S/C19H25FN2O3/c20-16-6-14(18-15(7-16)9-24-10-25-18)8-22-19(23)13-4-11-2-1-3-12(5-13)17(11)21/h6-7,11-13,17H,1-5,8-10,21H2,(H,22,23). The first-order chi connectivity index (χ1) is 12.1. The maximum absolute atomic E-state index is 13.8. The van der Waals surface area contributed by atoms with Gasteiger partial charge in [-0.3, -0.25) is 4.79 Å². The Balaban J connectivity index is 1.42. The molecule has 136 valence electrons. The second-order valence-electron chi connectivity index (χ2n) is 7.58. The Hall–Kier alpha value is -1.66. The molecule has 1 aromatic rings. The van der Waals surface area contributed by atoms with E-state index in [2.05, 4.69) is 5.32 Å². The van der Waals surface area contributed by atoms with Crippen LogP contribution in [0.1, 0.15) is 43.2 Å². The minimum Gasteiger partial charge on any atom is -0.467 e. The van der Waals surface area contributed by atoms with Gasteiger partial charge in [0.2, 0.25) is 5.91 Å². The van der Waals surface area contributed by atoms with E-state index in [1.807, 2.05) is 0 Å². The summed E-state index contributed by atoms with van der Waals surface area (Å²) in [7, 11) is 0. The van der Waals surface area contributed by atoms with Crippen molar-refractivity contribution in [2.24, 2.45) is 23.5 Å². The fourth-order valence-electron chi connectivity index (χ4n) is 4.72. The van der Waals surface area contributed by atoms with Crippen molar-refractivity contribution >= 4 is 5.91 Å². The van der Waals surface area contributed by atoms with Crippen molar-refractivity contribution in [1.82, 2.24) is 5.32 Å². The van der Waals surface area contributed by atoms with Crippen molar-refractivity contribution < 1.29 is 18.7 Å². The Morgan fingerprint density at radius 2 is 2.04 bits per heavy atom. The minimum atomic E-state index is -0.338. The van der Waals surface area contributed by atoms with Crippen LogP contribution >= 0.6 is 0 Å². The molecule has 1 aromatic carbocycles. The van der Waals surface area contributed by atoms with E-state index in [1.54, 1.807) is 0 Å². The van der Waals surface area contributed by atoms with Crippen LogP contribution in [0.5, 0.6) is 5.75 Å². The molecule has 2 unspecified atom stereocenters. The van der Waals surface area contributed by atoms with Gasteiger partial charge in [0.15, 0.2) is 6.79 Å². The van der Waals surface area contributed by atoms with Crippen molar-refractivity contribution in [2.75, 3.05) is 6.79 Å². The van der Waals surface area contributed by atoms with Crippen molar-refractivity contribution in [2.45, 2.75) is 51.3 Å². The van der Waals surface area contributed by atoms with Crippen molar-refractivity contribution in [3.05, 3.63) is 29.1 Å². The summed E-state index contributed by atoms with van der Waals surface area (Å²) >= 11 is 0. The summed E-state index contributed by atoms with van der Waals surface area (Å²) in [5.41, 5.74) is 7.66. The molecule has 1 amide bonds. The molecule has 2 bridgehead atoms. The van der Waals surface area contributed by atoms with E-state index in [1.165, 1.54) is 18.6 Å². The number of nitrogens with two attached hydrogens (primary N) is 1. The summed E-state index contributed by atoms with van der Waals surface area (Å²) < 4.78 is 24.5. The average molecular weight is 348 g/mol. The number of benzene rings is 1. The lowest BCUT2D eigenvalue weighted by Gasteiger charge is -2.43. The van der Waals surface area contributed by atoms with Gasteiger partial charge in [0.1, 0.15) is 11.6 Å². The van der Waals surface area contributed by atoms with Crippen molar-refractivity contribution in [3.63, 3.8) is 0 Å². The molecule has 6 heteroatoms. The van der Waals surface area contributed by atoms with Crippen LogP contribution in [0.4, 0.5) is 4.39 Å². The zero-order valence-electron chi connectivity index (χ0n) is 14.3. The molecule has 0 spiro atoms. The Morgan fingerprint density at radius 1 is 1.28 bits per heavy atom. The number of fused-ring (bicyclic) bond motifs is 3. The van der Waals surface area contributed by atoms with Crippen LogP contribution in [0, 0.1) is 23.6 Å². The first kappa shape index (κ1) is 16.8. The van der Waals surface area contributed by atoms with Gasteiger partial charge < -0.3 is 20.5 Å². The van der Waals surface area contributed by atoms with Gasteiger partial charge in [-0.25, -0.2) is 4.39 Å². The van der Waals surface area contributed by atoms with Crippen LogP contribution in [0.2, 0.25) is 0 Å². The third kappa shape index (κ3) is 3.37. The Labute approximate surface area is 147 Å². The predicted molar refractivity (Wildman–Crippen MR) is 90.1 cm³/mol. The largest absolute Gasteiger partial charge is 0.467 e. The second kappa shape index (κ2) is 6.92. The number of rotatable bonds is 3. The minimum absolute atomic E-state index is 0.0173. The second-order valence-corrected chi connectivity index (χ2v) is 7.58. The molecule has 1 heterocycles. The molecular weight excluding hydrogens is 323 g/mol.